The van der Waals surface area contributed by atoms with Gasteiger partial charge in [0.2, 0.25) is 0 Å². The molecular formula is C12H15N3O2. The van der Waals surface area contributed by atoms with Crippen LogP contribution in [0.15, 0.2) is 18.2 Å². The number of benzene rings is 1. The van der Waals surface area contributed by atoms with Crippen molar-refractivity contribution in [3.05, 3.63) is 23.8 Å². The summed E-state index contributed by atoms with van der Waals surface area (Å²) in [6, 6.07) is 5.73. The lowest BCUT2D eigenvalue weighted by Gasteiger charge is -2.08. The molecule has 0 fully saturated rings. The Balaban J connectivity index is 2.49. The quantitative estimate of drug-likeness (QED) is 0.882. The van der Waals surface area contributed by atoms with Gasteiger partial charge in [-0.3, -0.25) is 4.79 Å². The second-order valence-corrected chi connectivity index (χ2v) is 4.44. The lowest BCUT2D eigenvalue weighted by Crippen LogP contribution is -2.07. The Kier molecular flexibility index (Phi) is 2.83. The summed E-state index contributed by atoms with van der Waals surface area (Å²) in [4.78, 5) is 10.9. The van der Waals surface area contributed by atoms with E-state index in [2.05, 4.69) is 10.3 Å². The van der Waals surface area contributed by atoms with Crippen LogP contribution in [-0.2, 0) is 4.79 Å². The minimum absolute atomic E-state index is 0.239. The van der Waals surface area contributed by atoms with E-state index in [1.807, 2.05) is 30.7 Å². The van der Waals surface area contributed by atoms with Crippen LogP contribution < -0.4 is 0 Å². The van der Waals surface area contributed by atoms with E-state index in [1.165, 1.54) is 0 Å². The van der Waals surface area contributed by atoms with Crippen molar-refractivity contribution in [3.8, 4) is 0 Å². The molecule has 17 heavy (non-hydrogen) atoms. The molecule has 0 aliphatic carbocycles. The molecule has 1 N–H and O–H groups in total. The number of carboxylic acids is 1. The minimum atomic E-state index is -0.833. The molecule has 5 nitrogen and oxygen atoms in total. The van der Waals surface area contributed by atoms with Crippen molar-refractivity contribution < 1.29 is 9.90 Å². The predicted molar refractivity (Wildman–Crippen MR) is 64.0 cm³/mol. The molecular weight excluding hydrogens is 218 g/mol. The van der Waals surface area contributed by atoms with Crippen molar-refractivity contribution in [2.45, 2.75) is 32.7 Å². The fraction of sp³-hybridized carbons (Fsp3) is 0.417. The molecule has 0 aliphatic heterocycles. The molecule has 1 aromatic carbocycles. The van der Waals surface area contributed by atoms with E-state index in [9.17, 15) is 4.79 Å². The summed E-state index contributed by atoms with van der Waals surface area (Å²) in [5.74, 6) is -1.36. The monoisotopic (exact) mass is 233 g/mol. The fourth-order valence-electron chi connectivity index (χ4n) is 1.75. The summed E-state index contributed by atoms with van der Waals surface area (Å²) in [5.41, 5.74) is 2.42. The third-order valence-corrected chi connectivity index (χ3v) is 2.85. The van der Waals surface area contributed by atoms with Gasteiger partial charge in [0.1, 0.15) is 5.52 Å². The van der Waals surface area contributed by atoms with Crippen LogP contribution in [0.1, 0.15) is 38.3 Å². The lowest BCUT2D eigenvalue weighted by atomic mass is 10.0. The number of hydrogen-bond acceptors (Lipinski definition) is 3. The highest BCUT2D eigenvalue weighted by molar-refractivity contribution is 5.80. The van der Waals surface area contributed by atoms with Gasteiger partial charge in [-0.25, -0.2) is 4.68 Å². The molecule has 2 aromatic rings. The molecule has 1 heterocycles. The Labute approximate surface area is 99.1 Å². The Hall–Kier alpha value is -1.91. The summed E-state index contributed by atoms with van der Waals surface area (Å²) < 4.78 is 1.82. The molecule has 1 aromatic heterocycles. The molecule has 0 saturated heterocycles. The van der Waals surface area contributed by atoms with Gasteiger partial charge in [-0.15, -0.1) is 5.10 Å². The molecule has 1 atom stereocenters. The lowest BCUT2D eigenvalue weighted by molar-refractivity contribution is -0.138. The van der Waals surface area contributed by atoms with E-state index in [1.54, 1.807) is 13.0 Å². The van der Waals surface area contributed by atoms with Gasteiger partial charge in [0.05, 0.1) is 11.4 Å². The number of fused-ring (bicyclic) bond motifs is 1. The number of nitrogens with zero attached hydrogens (tertiary/aromatic N) is 3. The van der Waals surface area contributed by atoms with Gasteiger partial charge in [0.25, 0.3) is 0 Å². The van der Waals surface area contributed by atoms with Gasteiger partial charge in [0, 0.05) is 6.04 Å². The summed E-state index contributed by atoms with van der Waals surface area (Å²) in [5, 5.41) is 17.1. The smallest absolute Gasteiger partial charge is 0.310 e. The van der Waals surface area contributed by atoms with E-state index in [0.717, 1.165) is 16.6 Å². The Morgan fingerprint density at radius 2 is 2.06 bits per heavy atom. The van der Waals surface area contributed by atoms with Gasteiger partial charge in [-0.05, 0) is 38.5 Å². The molecule has 2 rings (SSSR count). The van der Waals surface area contributed by atoms with Crippen molar-refractivity contribution in [2.75, 3.05) is 0 Å². The zero-order valence-electron chi connectivity index (χ0n) is 10.1. The summed E-state index contributed by atoms with van der Waals surface area (Å²) in [6.07, 6.45) is 0. The number of carbonyl (C=O) groups is 1. The van der Waals surface area contributed by atoms with E-state index in [-0.39, 0.29) is 6.04 Å². The van der Waals surface area contributed by atoms with Gasteiger partial charge in [-0.2, -0.15) is 0 Å². The van der Waals surface area contributed by atoms with Crippen LogP contribution in [0.25, 0.3) is 11.0 Å². The van der Waals surface area contributed by atoms with Crippen LogP contribution in [0.2, 0.25) is 0 Å². The van der Waals surface area contributed by atoms with Crippen molar-refractivity contribution in [3.63, 3.8) is 0 Å². The van der Waals surface area contributed by atoms with Crippen LogP contribution in [0.4, 0.5) is 0 Å². The largest absolute Gasteiger partial charge is 0.481 e. The van der Waals surface area contributed by atoms with Crippen molar-refractivity contribution >= 4 is 17.0 Å². The van der Waals surface area contributed by atoms with E-state index < -0.39 is 11.9 Å². The molecule has 0 saturated carbocycles. The number of aromatic nitrogens is 3. The summed E-state index contributed by atoms with van der Waals surface area (Å²) in [7, 11) is 0. The number of rotatable bonds is 3. The molecule has 0 spiro atoms. The molecule has 90 valence electrons. The van der Waals surface area contributed by atoms with Crippen LogP contribution in [0, 0.1) is 0 Å². The standard InChI is InChI=1S/C12H15N3O2/c1-7(2)15-11-5-4-9(8(3)12(16)17)6-10(11)13-14-15/h4-8H,1-3H3,(H,16,17). The van der Waals surface area contributed by atoms with Gasteiger partial charge in [0.15, 0.2) is 0 Å². The second kappa shape index (κ2) is 4.16. The van der Waals surface area contributed by atoms with Crippen molar-refractivity contribution in [1.82, 2.24) is 15.0 Å². The van der Waals surface area contributed by atoms with Gasteiger partial charge >= 0.3 is 5.97 Å². The van der Waals surface area contributed by atoms with Crippen molar-refractivity contribution in [2.24, 2.45) is 0 Å². The summed E-state index contributed by atoms with van der Waals surface area (Å²) >= 11 is 0. The zero-order chi connectivity index (χ0) is 12.6. The van der Waals surface area contributed by atoms with E-state index in [4.69, 9.17) is 5.11 Å². The molecule has 5 heteroatoms. The number of hydrogen-bond donors (Lipinski definition) is 1. The Morgan fingerprint density at radius 1 is 1.35 bits per heavy atom. The van der Waals surface area contributed by atoms with E-state index >= 15 is 0 Å². The SMILES string of the molecule is CC(C(=O)O)c1ccc2c(c1)nnn2C(C)C. The summed E-state index contributed by atoms with van der Waals surface area (Å²) in [6.45, 7) is 5.72. The third kappa shape index (κ3) is 2.00. The maximum absolute atomic E-state index is 10.9. The molecule has 1 unspecified atom stereocenters. The average Bonchev–Trinajstić information content (AvgIpc) is 2.70. The highest BCUT2D eigenvalue weighted by atomic mass is 16.4. The van der Waals surface area contributed by atoms with Crippen LogP contribution in [-0.4, -0.2) is 26.1 Å². The first kappa shape index (κ1) is 11.6. The molecule has 0 bridgehead atoms. The minimum Gasteiger partial charge on any atom is -0.481 e. The second-order valence-electron chi connectivity index (χ2n) is 4.44. The topological polar surface area (TPSA) is 68.0 Å². The van der Waals surface area contributed by atoms with E-state index in [0.29, 0.717) is 0 Å². The first-order valence-corrected chi connectivity index (χ1v) is 5.58. The highest BCUT2D eigenvalue weighted by Gasteiger charge is 2.15. The maximum atomic E-state index is 10.9. The van der Waals surface area contributed by atoms with Gasteiger partial charge < -0.3 is 5.11 Å². The fourth-order valence-corrected chi connectivity index (χ4v) is 1.75. The van der Waals surface area contributed by atoms with Crippen molar-refractivity contribution in [1.29, 1.82) is 0 Å². The first-order chi connectivity index (χ1) is 8.00. The first-order valence-electron chi connectivity index (χ1n) is 5.58. The Morgan fingerprint density at radius 3 is 2.65 bits per heavy atom. The Bertz CT molecular complexity index is 560. The maximum Gasteiger partial charge on any atom is 0.310 e. The third-order valence-electron chi connectivity index (χ3n) is 2.85. The van der Waals surface area contributed by atoms with Crippen LogP contribution in [0.3, 0.4) is 0 Å². The number of carboxylic acid groups (broad SMARTS) is 1. The molecule has 0 amide bonds. The van der Waals surface area contributed by atoms with Crippen LogP contribution in [0.5, 0.6) is 0 Å². The number of aliphatic carboxylic acids is 1. The predicted octanol–water partition coefficient (Wildman–Crippen LogP) is 2.20. The van der Waals surface area contributed by atoms with Gasteiger partial charge in [-0.1, -0.05) is 11.3 Å². The van der Waals surface area contributed by atoms with Crippen LogP contribution >= 0.6 is 0 Å². The molecule has 0 aliphatic rings. The molecule has 0 radical (unpaired) electrons. The highest BCUT2D eigenvalue weighted by Crippen LogP contribution is 2.21. The zero-order valence-corrected chi connectivity index (χ0v) is 10.1. The average molecular weight is 233 g/mol. The normalized spacial score (nSPS) is 13.2.